The first-order valence-corrected chi connectivity index (χ1v) is 8.47. The predicted octanol–water partition coefficient (Wildman–Crippen LogP) is 2.68. The number of hydrogen-bond acceptors (Lipinski definition) is 4. The molecule has 1 saturated heterocycles. The van der Waals surface area contributed by atoms with Gasteiger partial charge in [0.15, 0.2) is 5.76 Å². The number of alkyl halides is 3. The maximum atomic E-state index is 12.9. The Morgan fingerprint density at radius 1 is 1.15 bits per heavy atom. The Morgan fingerprint density at radius 3 is 2.41 bits per heavy atom. The van der Waals surface area contributed by atoms with Crippen molar-refractivity contribution in [1.82, 2.24) is 10.8 Å². The van der Waals surface area contributed by atoms with Crippen LogP contribution in [0.5, 0.6) is 0 Å². The Morgan fingerprint density at radius 2 is 1.85 bits per heavy atom. The summed E-state index contributed by atoms with van der Waals surface area (Å²) in [4.78, 5) is 16.8. The second kappa shape index (κ2) is 6.24. The average Bonchev–Trinajstić information content (AvgIpc) is 2.59. The molecule has 0 amide bonds. The number of benzene rings is 1. The van der Waals surface area contributed by atoms with Gasteiger partial charge in [0.2, 0.25) is 0 Å². The van der Waals surface area contributed by atoms with Crippen LogP contribution in [0.4, 0.5) is 13.2 Å². The van der Waals surface area contributed by atoms with Crippen molar-refractivity contribution in [1.29, 1.82) is 0 Å². The van der Waals surface area contributed by atoms with E-state index < -0.39 is 23.1 Å². The van der Waals surface area contributed by atoms with E-state index in [0.717, 1.165) is 23.3 Å². The van der Waals surface area contributed by atoms with Crippen molar-refractivity contribution in [2.75, 3.05) is 19.6 Å². The number of carboxylic acid groups (broad SMARTS) is 1. The molecule has 0 bridgehead atoms. The zero-order valence-electron chi connectivity index (χ0n) is 14.2. The van der Waals surface area contributed by atoms with Gasteiger partial charge in [0.05, 0.1) is 12.1 Å². The summed E-state index contributed by atoms with van der Waals surface area (Å²) in [6, 6.07) is 7.18. The van der Waals surface area contributed by atoms with Crippen LogP contribution >= 0.6 is 0 Å². The van der Waals surface area contributed by atoms with E-state index >= 15 is 0 Å². The zero-order chi connectivity index (χ0) is 19.2. The Hall–Kier alpha value is -2.58. The molecule has 4 rings (SSSR count). The number of aliphatic carboxylic acids is 1. The third-order valence-corrected chi connectivity index (χ3v) is 5.28. The van der Waals surface area contributed by atoms with Crippen LogP contribution in [-0.4, -0.2) is 36.9 Å². The summed E-state index contributed by atoms with van der Waals surface area (Å²) in [5, 5.41) is 12.5. The van der Waals surface area contributed by atoms with Crippen LogP contribution in [0.3, 0.4) is 0 Å². The van der Waals surface area contributed by atoms with Gasteiger partial charge in [-0.05, 0) is 29.2 Å². The average molecular weight is 378 g/mol. The lowest BCUT2D eigenvalue weighted by Gasteiger charge is -2.39. The number of hydroxylamine groups is 1. The molecule has 1 aromatic rings. The lowest BCUT2D eigenvalue weighted by Crippen LogP contribution is -2.61. The second-order valence-electron chi connectivity index (χ2n) is 6.82. The molecule has 0 spiro atoms. The summed E-state index contributed by atoms with van der Waals surface area (Å²) in [5.74, 6) is -0.702. The van der Waals surface area contributed by atoms with Crippen LogP contribution in [0.25, 0.3) is 5.57 Å². The van der Waals surface area contributed by atoms with Gasteiger partial charge in [-0.15, -0.1) is 0 Å². The molecule has 0 unspecified atom stereocenters. The smallest absolute Gasteiger partial charge is 0.416 e. The topological polar surface area (TPSA) is 70.6 Å². The maximum absolute atomic E-state index is 12.9. The summed E-state index contributed by atoms with van der Waals surface area (Å²) in [7, 11) is 0. The Labute approximate surface area is 153 Å². The molecule has 27 heavy (non-hydrogen) atoms. The Balaban J connectivity index is 1.66. The van der Waals surface area contributed by atoms with Crippen molar-refractivity contribution in [3.8, 4) is 0 Å². The predicted molar refractivity (Wildman–Crippen MR) is 91.5 cm³/mol. The van der Waals surface area contributed by atoms with Crippen molar-refractivity contribution in [2.24, 2.45) is 0 Å². The first-order valence-electron chi connectivity index (χ1n) is 8.47. The minimum absolute atomic E-state index is 0.127. The molecule has 3 N–H and O–H groups in total. The second-order valence-corrected chi connectivity index (χ2v) is 6.82. The van der Waals surface area contributed by atoms with Crippen molar-refractivity contribution < 1.29 is 27.9 Å². The fourth-order valence-corrected chi connectivity index (χ4v) is 3.57. The maximum Gasteiger partial charge on any atom is 0.416 e. The lowest BCUT2D eigenvalue weighted by atomic mass is 9.75. The standard InChI is InChI=1S/C19H17F3N2O3/c20-19(21,22)13-5-6-14-15(8-24-27-16(14)7-13)11-1-3-12(4-2-11)18(17(25)26)9-23-10-18/h1-5,7,23-24H,6,8-10H2,(H,25,26). The number of fused-ring (bicyclic) bond motifs is 1. The quantitative estimate of drug-likeness (QED) is 0.755. The summed E-state index contributed by atoms with van der Waals surface area (Å²) in [6.45, 7) is 1.11. The molecule has 0 atom stereocenters. The third-order valence-electron chi connectivity index (χ3n) is 5.28. The van der Waals surface area contributed by atoms with Gasteiger partial charge in [-0.3, -0.25) is 4.79 Å². The highest BCUT2D eigenvalue weighted by Crippen LogP contribution is 2.39. The van der Waals surface area contributed by atoms with Crippen molar-refractivity contribution in [3.05, 3.63) is 64.4 Å². The van der Waals surface area contributed by atoms with Crippen LogP contribution < -0.4 is 10.8 Å². The van der Waals surface area contributed by atoms with Gasteiger partial charge in [-0.1, -0.05) is 30.3 Å². The van der Waals surface area contributed by atoms with E-state index in [9.17, 15) is 23.1 Å². The van der Waals surface area contributed by atoms with Crippen molar-refractivity contribution in [2.45, 2.75) is 18.0 Å². The van der Waals surface area contributed by atoms with Gasteiger partial charge in [0, 0.05) is 18.7 Å². The lowest BCUT2D eigenvalue weighted by molar-refractivity contribution is -0.146. The molecular weight excluding hydrogens is 361 g/mol. The number of allylic oxidation sites excluding steroid dienone is 4. The molecule has 0 saturated carbocycles. The van der Waals surface area contributed by atoms with Crippen LogP contribution in [0, 0.1) is 0 Å². The first-order chi connectivity index (χ1) is 12.8. The molecule has 3 aliphatic rings. The molecule has 5 nitrogen and oxygen atoms in total. The van der Waals surface area contributed by atoms with Gasteiger partial charge in [0.25, 0.3) is 0 Å². The van der Waals surface area contributed by atoms with E-state index in [1.165, 1.54) is 0 Å². The number of halogens is 3. The van der Waals surface area contributed by atoms with E-state index in [2.05, 4.69) is 10.8 Å². The SMILES string of the molecule is O=C(O)C1(c2ccc(C3=C4CC=C(C(F)(F)F)C=C4ONC3)cc2)CNC1. The van der Waals surface area contributed by atoms with Crippen LogP contribution in [0.2, 0.25) is 0 Å². The zero-order valence-corrected chi connectivity index (χ0v) is 14.2. The Bertz CT molecular complexity index is 878. The van der Waals surface area contributed by atoms with Gasteiger partial charge in [-0.2, -0.15) is 18.7 Å². The summed E-state index contributed by atoms with van der Waals surface area (Å²) in [5.41, 5.74) is 4.11. The van der Waals surface area contributed by atoms with Crippen LogP contribution in [-0.2, 0) is 15.0 Å². The number of carbonyl (C=O) groups is 1. The molecule has 2 heterocycles. The molecule has 2 aliphatic heterocycles. The largest absolute Gasteiger partial charge is 0.481 e. The number of rotatable bonds is 3. The van der Waals surface area contributed by atoms with Gasteiger partial charge >= 0.3 is 12.1 Å². The molecule has 0 radical (unpaired) electrons. The molecule has 0 aromatic heterocycles. The van der Waals surface area contributed by atoms with E-state index in [-0.39, 0.29) is 12.2 Å². The van der Waals surface area contributed by atoms with E-state index in [0.29, 0.717) is 30.8 Å². The third kappa shape index (κ3) is 2.94. The first kappa shape index (κ1) is 17.8. The monoisotopic (exact) mass is 378 g/mol. The molecule has 1 aromatic carbocycles. The number of carboxylic acids is 1. The van der Waals surface area contributed by atoms with E-state index in [4.69, 9.17) is 4.84 Å². The minimum Gasteiger partial charge on any atom is -0.481 e. The van der Waals surface area contributed by atoms with E-state index in [1.54, 1.807) is 12.1 Å². The highest BCUT2D eigenvalue weighted by molar-refractivity contribution is 5.84. The highest BCUT2D eigenvalue weighted by Gasteiger charge is 2.46. The number of nitrogens with one attached hydrogen (secondary N) is 2. The van der Waals surface area contributed by atoms with Gasteiger partial charge in [-0.25, -0.2) is 0 Å². The van der Waals surface area contributed by atoms with Gasteiger partial charge in [0.1, 0.15) is 5.41 Å². The van der Waals surface area contributed by atoms with E-state index in [1.807, 2.05) is 12.1 Å². The molecule has 8 heteroatoms. The van der Waals surface area contributed by atoms with Crippen molar-refractivity contribution in [3.63, 3.8) is 0 Å². The molecule has 1 aliphatic carbocycles. The Kier molecular flexibility index (Phi) is 4.12. The normalized spacial score (nSPS) is 21.4. The minimum atomic E-state index is -4.41. The summed E-state index contributed by atoms with van der Waals surface area (Å²) >= 11 is 0. The van der Waals surface area contributed by atoms with Crippen molar-refractivity contribution >= 4 is 11.5 Å². The fraction of sp³-hybridized carbons (Fsp3) is 0.316. The molecule has 142 valence electrons. The highest BCUT2D eigenvalue weighted by atomic mass is 19.4. The molecular formula is C19H17F3N2O3. The van der Waals surface area contributed by atoms with Crippen LogP contribution in [0.15, 0.2) is 53.3 Å². The molecule has 1 fully saturated rings. The van der Waals surface area contributed by atoms with Crippen LogP contribution in [0.1, 0.15) is 17.5 Å². The number of hydrogen-bond donors (Lipinski definition) is 3. The fourth-order valence-electron chi connectivity index (χ4n) is 3.57. The van der Waals surface area contributed by atoms with Gasteiger partial charge < -0.3 is 15.3 Å². The summed E-state index contributed by atoms with van der Waals surface area (Å²) < 4.78 is 38.8. The summed E-state index contributed by atoms with van der Waals surface area (Å²) in [6.07, 6.45) is -2.13.